The molecule has 0 saturated carbocycles. The van der Waals surface area contributed by atoms with Crippen LogP contribution >= 0.6 is 34.2 Å². The minimum absolute atomic E-state index is 0.0307. The fourth-order valence-electron chi connectivity index (χ4n) is 0.836. The lowest BCUT2D eigenvalue weighted by molar-refractivity contribution is 0.403. The third-order valence-electron chi connectivity index (χ3n) is 1.49. The molecule has 0 amide bonds. The highest BCUT2D eigenvalue weighted by atomic mass is 127. The van der Waals surface area contributed by atoms with Crippen molar-refractivity contribution in [3.8, 4) is 11.5 Å². The Hall–Kier alpha value is -0.750. The quantitative estimate of drug-likeness (QED) is 0.289. The van der Waals surface area contributed by atoms with Crippen molar-refractivity contribution in [2.24, 2.45) is 0 Å². The maximum Gasteiger partial charge on any atom is 0.392 e. The number of phenolic OH excluding ortho intramolecular Hbond substituents is 2. The predicted octanol–water partition coefficient (Wildman–Crippen LogP) is 2.61. The zero-order valence-corrected chi connectivity index (χ0v) is 9.82. The normalized spacial score (nSPS) is 11.4. The Kier molecular flexibility index (Phi) is 3.77. The molecule has 0 aliphatic carbocycles. The average molecular weight is 326 g/mol. The van der Waals surface area contributed by atoms with Gasteiger partial charge in [-0.05, 0) is 23.8 Å². The fraction of sp³-hybridized carbons (Fsp3) is 0. The van der Waals surface area contributed by atoms with Crippen molar-refractivity contribution in [2.45, 2.75) is 0 Å². The Bertz CT molecular complexity index is 401. The van der Waals surface area contributed by atoms with Gasteiger partial charge < -0.3 is 10.2 Å². The van der Waals surface area contributed by atoms with E-state index in [0.29, 0.717) is 5.56 Å². The van der Waals surface area contributed by atoms with Crippen LogP contribution in [0.2, 0.25) is 0 Å². The molecular weight excluding hydrogens is 318 g/mol. The van der Waals surface area contributed by atoms with Crippen LogP contribution in [0.25, 0.3) is 6.08 Å². The first-order valence-corrected chi connectivity index (χ1v) is 5.07. The summed E-state index contributed by atoms with van der Waals surface area (Å²) in [6.07, 6.45) is 1.47. The van der Waals surface area contributed by atoms with Gasteiger partial charge in [0, 0.05) is 0 Å². The first-order chi connectivity index (χ1) is 6.50. The van der Waals surface area contributed by atoms with Gasteiger partial charge in [-0.25, -0.2) is 0 Å². The lowest BCUT2D eigenvalue weighted by atomic mass is 10.2. The van der Waals surface area contributed by atoms with Gasteiger partial charge in [0.05, 0.1) is 22.6 Å². The summed E-state index contributed by atoms with van der Waals surface area (Å²) >= 11 is 7.34. The van der Waals surface area contributed by atoms with E-state index in [-0.39, 0.29) is 20.3 Å². The summed E-state index contributed by atoms with van der Waals surface area (Å²) < 4.78 is -0.0307. The number of hydrogen-bond donors (Lipinski definition) is 2. The smallest absolute Gasteiger partial charge is 0.392 e. The SMILES string of the molecule is Oc1ccc(/C=C(\Cl)C(=[OH+])I)cc1O. The van der Waals surface area contributed by atoms with Gasteiger partial charge in [-0.15, -0.1) is 0 Å². The van der Waals surface area contributed by atoms with Crippen molar-refractivity contribution in [2.75, 3.05) is 0 Å². The molecule has 0 saturated heterocycles. The predicted molar refractivity (Wildman–Crippen MR) is 64.6 cm³/mol. The second-order valence-electron chi connectivity index (χ2n) is 2.53. The molecule has 0 atom stereocenters. The van der Waals surface area contributed by atoms with Crippen molar-refractivity contribution >= 4 is 44.1 Å². The van der Waals surface area contributed by atoms with Crippen molar-refractivity contribution in [3.63, 3.8) is 0 Å². The summed E-state index contributed by atoms with van der Waals surface area (Å²) in [7, 11) is 0. The van der Waals surface area contributed by atoms with Gasteiger partial charge >= 0.3 is 3.79 Å². The van der Waals surface area contributed by atoms with Crippen molar-refractivity contribution in [1.82, 2.24) is 0 Å². The van der Waals surface area contributed by atoms with Crippen LogP contribution in [0.3, 0.4) is 0 Å². The minimum Gasteiger partial charge on any atom is -0.504 e. The van der Waals surface area contributed by atoms with Crippen LogP contribution in [0.1, 0.15) is 5.56 Å². The van der Waals surface area contributed by atoms with E-state index in [0.717, 1.165) is 0 Å². The van der Waals surface area contributed by atoms with Gasteiger partial charge in [-0.2, -0.15) is 0 Å². The zero-order chi connectivity index (χ0) is 10.7. The molecule has 0 aliphatic rings. The summed E-state index contributed by atoms with van der Waals surface area (Å²) in [5.41, 5.74) is 0.591. The van der Waals surface area contributed by atoms with Gasteiger partial charge in [-0.1, -0.05) is 17.7 Å². The van der Waals surface area contributed by atoms with Crippen LogP contribution in [0.4, 0.5) is 0 Å². The fourth-order valence-corrected chi connectivity index (χ4v) is 1.12. The molecule has 1 aromatic rings. The number of rotatable bonds is 2. The van der Waals surface area contributed by atoms with E-state index in [2.05, 4.69) is 0 Å². The molecule has 74 valence electrons. The van der Waals surface area contributed by atoms with Crippen LogP contribution in [-0.2, 0) is 0 Å². The Balaban J connectivity index is 3.04. The molecule has 0 radical (unpaired) electrons. The van der Waals surface area contributed by atoms with Crippen LogP contribution in [0.15, 0.2) is 23.2 Å². The Morgan fingerprint density at radius 1 is 1.36 bits per heavy atom. The maximum absolute atomic E-state index is 9.16. The number of halogens is 2. The van der Waals surface area contributed by atoms with Crippen molar-refractivity contribution in [1.29, 1.82) is 0 Å². The van der Waals surface area contributed by atoms with E-state index < -0.39 is 0 Å². The molecule has 0 fully saturated rings. The monoisotopic (exact) mass is 325 g/mol. The third kappa shape index (κ3) is 2.88. The minimum atomic E-state index is -0.226. The summed E-state index contributed by atoms with van der Waals surface area (Å²) in [5, 5.41) is 18.4. The molecule has 1 rings (SSSR count). The molecule has 14 heavy (non-hydrogen) atoms. The molecule has 0 unspecified atom stereocenters. The highest BCUT2D eigenvalue weighted by Crippen LogP contribution is 2.26. The number of aromatic hydroxyl groups is 2. The molecule has 0 aliphatic heterocycles. The maximum atomic E-state index is 9.16. The van der Waals surface area contributed by atoms with E-state index >= 15 is 0 Å². The summed E-state index contributed by atoms with van der Waals surface area (Å²) in [5.74, 6) is -0.419. The van der Waals surface area contributed by atoms with Crippen LogP contribution in [0, 0.1) is 0 Å². The van der Waals surface area contributed by atoms with E-state index in [4.69, 9.17) is 26.6 Å². The number of hydrogen-bond acceptors (Lipinski definition) is 2. The highest BCUT2D eigenvalue weighted by Gasteiger charge is 2.08. The van der Waals surface area contributed by atoms with E-state index in [1.165, 1.54) is 18.2 Å². The van der Waals surface area contributed by atoms with E-state index in [9.17, 15) is 0 Å². The molecular formula is C9H7ClIO3+. The lowest BCUT2D eigenvalue weighted by Crippen LogP contribution is -1.84. The van der Waals surface area contributed by atoms with E-state index in [1.807, 2.05) is 0 Å². The van der Waals surface area contributed by atoms with Gasteiger partial charge in [0.1, 0.15) is 0 Å². The molecule has 0 spiro atoms. The Morgan fingerprint density at radius 3 is 2.50 bits per heavy atom. The molecule has 0 bridgehead atoms. The second-order valence-corrected chi connectivity index (χ2v) is 3.96. The molecule has 3 nitrogen and oxygen atoms in total. The molecule has 0 aromatic heterocycles. The summed E-state index contributed by atoms with van der Waals surface area (Å²) in [4.78, 5) is 9.00. The van der Waals surface area contributed by atoms with Crippen molar-refractivity contribution in [3.05, 3.63) is 28.8 Å². The molecule has 5 heteroatoms. The van der Waals surface area contributed by atoms with Crippen LogP contribution in [0.5, 0.6) is 11.5 Å². The number of benzene rings is 1. The standard InChI is InChI=1S/C9H6ClIO3/c10-6(9(11)14)3-5-1-2-7(12)8(13)4-5/h1-4,12-13H/p+1/b6-3-. The van der Waals surface area contributed by atoms with Crippen molar-refractivity contribution < 1.29 is 15.0 Å². The van der Waals surface area contributed by atoms with E-state index in [1.54, 1.807) is 28.7 Å². The summed E-state index contributed by atoms with van der Waals surface area (Å²) in [6, 6.07) is 4.25. The molecule has 3 N–H and O–H groups in total. The zero-order valence-electron chi connectivity index (χ0n) is 6.91. The number of allylic oxidation sites excluding steroid dienone is 1. The largest absolute Gasteiger partial charge is 0.504 e. The van der Waals surface area contributed by atoms with Gasteiger partial charge in [-0.3, -0.25) is 4.79 Å². The summed E-state index contributed by atoms with van der Waals surface area (Å²) in [6.45, 7) is 0. The second kappa shape index (κ2) is 4.65. The number of phenols is 2. The number of carbonyl (C=O) groups excluding carboxylic acids is 1. The average Bonchev–Trinajstić information content (AvgIpc) is 2.11. The first kappa shape index (κ1) is 11.3. The lowest BCUT2D eigenvalue weighted by Gasteiger charge is -1.98. The van der Waals surface area contributed by atoms with Crippen LogP contribution in [-0.4, -0.2) is 18.8 Å². The molecule has 0 heterocycles. The Morgan fingerprint density at radius 2 is 2.00 bits per heavy atom. The van der Waals surface area contributed by atoms with Crippen LogP contribution < -0.4 is 0 Å². The highest BCUT2D eigenvalue weighted by molar-refractivity contribution is 14.1. The van der Waals surface area contributed by atoms with Gasteiger partial charge in [0.15, 0.2) is 16.5 Å². The van der Waals surface area contributed by atoms with Gasteiger partial charge in [0.2, 0.25) is 0 Å². The Labute approximate surface area is 99.2 Å². The third-order valence-corrected chi connectivity index (χ3v) is 2.68. The first-order valence-electron chi connectivity index (χ1n) is 3.61. The topological polar surface area (TPSA) is 61.9 Å². The molecule has 1 aromatic carbocycles. The van der Waals surface area contributed by atoms with Gasteiger partial charge in [0.25, 0.3) is 0 Å².